The van der Waals surface area contributed by atoms with E-state index in [2.05, 4.69) is 24.5 Å². The van der Waals surface area contributed by atoms with Crippen LogP contribution in [-0.4, -0.2) is 59.3 Å². The van der Waals surface area contributed by atoms with Crippen molar-refractivity contribution in [2.75, 3.05) is 13.2 Å². The number of aliphatic carboxylic acids is 1. The van der Waals surface area contributed by atoms with Crippen molar-refractivity contribution in [3.8, 4) is 0 Å². The molecule has 0 rings (SSSR count). The number of carboxylic acids is 1. The van der Waals surface area contributed by atoms with Crippen LogP contribution in [0.5, 0.6) is 0 Å². The van der Waals surface area contributed by atoms with Gasteiger partial charge in [-0.15, -0.1) is 0 Å². The molecule has 0 saturated carbocycles. The quantitative estimate of drug-likeness (QED) is 0.0356. The maximum atomic E-state index is 12.8. The molecular weight excluding hydrogens is 693 g/mol. The smallest absolute Gasteiger partial charge is 0.328 e. The van der Waals surface area contributed by atoms with Crippen LogP contribution < -0.4 is 10.6 Å². The van der Waals surface area contributed by atoms with Crippen molar-refractivity contribution in [1.29, 1.82) is 0 Å². The van der Waals surface area contributed by atoms with Crippen LogP contribution in [0.1, 0.15) is 245 Å². The predicted octanol–water partition coefficient (Wildman–Crippen LogP) is 11.7. The van der Waals surface area contributed by atoms with E-state index in [1.165, 1.54) is 154 Å². The minimum atomic E-state index is -1.38. The van der Waals surface area contributed by atoms with E-state index in [0.29, 0.717) is 19.3 Å². The van der Waals surface area contributed by atoms with Gasteiger partial charge in [-0.2, -0.15) is 0 Å². The van der Waals surface area contributed by atoms with Gasteiger partial charge in [0.25, 0.3) is 0 Å². The summed E-state index contributed by atoms with van der Waals surface area (Å²) in [6.45, 7) is 3.51. The Hall–Kier alpha value is -2.16. The average Bonchev–Trinajstić information content (AvgIpc) is 3.17. The lowest BCUT2D eigenvalue weighted by Gasteiger charge is -2.18. The molecule has 0 fully saturated rings. The Morgan fingerprint density at radius 2 is 0.818 bits per heavy atom. The molecule has 324 valence electrons. The van der Waals surface area contributed by atoms with E-state index in [1.54, 1.807) is 0 Å². The lowest BCUT2D eigenvalue weighted by molar-refractivity contribution is -0.150. The van der Waals surface area contributed by atoms with Crippen molar-refractivity contribution in [1.82, 2.24) is 10.6 Å². The van der Waals surface area contributed by atoms with E-state index in [4.69, 9.17) is 14.9 Å². The standard InChI is InChI=1S/C46H88N2O7/c1-3-5-7-9-11-13-15-16-17-18-19-21-23-25-30-34-38-45(52)55-41(35-31-27-24-22-20-14-12-10-8-6-4-2)36-32-28-26-29-33-37-43(50)47-39-44(51)48-42(40-49)46(53)54/h41-42,49H,3-40H2,1-2H3,(H,47,50)(H,48,51)(H,53,54). The Kier molecular flexibility index (Phi) is 39.8. The molecule has 0 aliphatic carbocycles. The first kappa shape index (κ1) is 52.8. The van der Waals surface area contributed by atoms with Gasteiger partial charge in [-0.25, -0.2) is 4.79 Å². The third kappa shape index (κ3) is 38.5. The molecule has 0 heterocycles. The number of aliphatic hydroxyl groups excluding tert-OH is 1. The van der Waals surface area contributed by atoms with E-state index in [0.717, 1.165) is 57.8 Å². The molecule has 0 saturated heterocycles. The van der Waals surface area contributed by atoms with E-state index >= 15 is 0 Å². The van der Waals surface area contributed by atoms with Gasteiger partial charge in [-0.05, 0) is 38.5 Å². The first-order valence-electron chi connectivity index (χ1n) is 23.4. The van der Waals surface area contributed by atoms with Crippen LogP contribution in [0, 0.1) is 0 Å². The SMILES string of the molecule is CCCCCCCCCCCCCCCCCCC(=O)OC(CCCCCCCCCCCCC)CCCCCCCC(=O)NCC(=O)NC(CO)C(=O)O. The van der Waals surface area contributed by atoms with Gasteiger partial charge in [-0.3, -0.25) is 14.4 Å². The monoisotopic (exact) mass is 781 g/mol. The van der Waals surface area contributed by atoms with Gasteiger partial charge in [0.2, 0.25) is 11.8 Å². The van der Waals surface area contributed by atoms with Gasteiger partial charge >= 0.3 is 11.9 Å². The van der Waals surface area contributed by atoms with Crippen LogP contribution in [0.2, 0.25) is 0 Å². The fraction of sp³-hybridized carbons (Fsp3) is 0.913. The van der Waals surface area contributed by atoms with Gasteiger partial charge in [0.1, 0.15) is 12.1 Å². The molecule has 2 atom stereocenters. The fourth-order valence-corrected chi connectivity index (χ4v) is 7.25. The van der Waals surface area contributed by atoms with Crippen molar-refractivity contribution in [3.05, 3.63) is 0 Å². The Morgan fingerprint density at radius 3 is 1.18 bits per heavy atom. The van der Waals surface area contributed by atoms with E-state index in [9.17, 15) is 19.2 Å². The number of unbranched alkanes of at least 4 members (excludes halogenated alkanes) is 29. The van der Waals surface area contributed by atoms with E-state index in [1.807, 2.05) is 0 Å². The van der Waals surface area contributed by atoms with Crippen LogP contribution in [0.15, 0.2) is 0 Å². The minimum absolute atomic E-state index is 0.00407. The number of hydrogen-bond acceptors (Lipinski definition) is 6. The van der Waals surface area contributed by atoms with Gasteiger partial charge < -0.3 is 25.6 Å². The summed E-state index contributed by atoms with van der Waals surface area (Å²) < 4.78 is 6.05. The number of amides is 2. The van der Waals surface area contributed by atoms with Crippen LogP contribution in [0.4, 0.5) is 0 Å². The molecule has 2 amide bonds. The Labute approximate surface area is 338 Å². The molecule has 0 aromatic carbocycles. The Morgan fingerprint density at radius 1 is 0.473 bits per heavy atom. The van der Waals surface area contributed by atoms with E-state index in [-0.39, 0.29) is 24.5 Å². The van der Waals surface area contributed by atoms with Crippen LogP contribution in [0.3, 0.4) is 0 Å². The number of carbonyl (C=O) groups is 4. The van der Waals surface area contributed by atoms with Gasteiger partial charge in [0, 0.05) is 12.8 Å². The number of hydrogen-bond donors (Lipinski definition) is 4. The molecule has 0 aromatic heterocycles. The van der Waals surface area contributed by atoms with Gasteiger partial charge in [-0.1, -0.05) is 194 Å². The number of aliphatic hydroxyl groups is 1. The Bertz CT molecular complexity index is 900. The molecule has 55 heavy (non-hydrogen) atoms. The van der Waals surface area contributed by atoms with Crippen molar-refractivity contribution in [3.63, 3.8) is 0 Å². The molecule has 9 nitrogen and oxygen atoms in total. The third-order valence-corrected chi connectivity index (χ3v) is 10.9. The van der Waals surface area contributed by atoms with Crippen molar-refractivity contribution in [2.45, 2.75) is 257 Å². The van der Waals surface area contributed by atoms with Gasteiger partial charge in [0.15, 0.2) is 0 Å². The third-order valence-electron chi connectivity index (χ3n) is 10.9. The van der Waals surface area contributed by atoms with Crippen LogP contribution in [0.25, 0.3) is 0 Å². The minimum Gasteiger partial charge on any atom is -0.480 e. The second-order valence-corrected chi connectivity index (χ2v) is 16.2. The number of carboxylic acid groups (broad SMARTS) is 1. The summed E-state index contributed by atoms with van der Waals surface area (Å²) >= 11 is 0. The lowest BCUT2D eigenvalue weighted by Crippen LogP contribution is -2.47. The van der Waals surface area contributed by atoms with E-state index < -0.39 is 24.5 Å². The average molecular weight is 781 g/mol. The molecule has 0 aliphatic rings. The van der Waals surface area contributed by atoms with Crippen LogP contribution >= 0.6 is 0 Å². The molecule has 4 N–H and O–H groups in total. The zero-order chi connectivity index (χ0) is 40.5. The van der Waals surface area contributed by atoms with Gasteiger partial charge in [0.05, 0.1) is 13.2 Å². The molecule has 0 bridgehead atoms. The molecule has 9 heteroatoms. The topological polar surface area (TPSA) is 142 Å². The first-order chi connectivity index (χ1) is 26.8. The summed E-state index contributed by atoms with van der Waals surface area (Å²) in [6.07, 6.45) is 42.7. The highest BCUT2D eigenvalue weighted by Crippen LogP contribution is 2.19. The highest BCUT2D eigenvalue weighted by atomic mass is 16.5. The largest absolute Gasteiger partial charge is 0.480 e. The molecule has 2 unspecified atom stereocenters. The molecule has 0 spiro atoms. The van der Waals surface area contributed by atoms with Crippen molar-refractivity contribution >= 4 is 23.8 Å². The number of rotatable bonds is 43. The number of nitrogens with one attached hydrogen (secondary N) is 2. The molecule has 0 aromatic rings. The zero-order valence-electron chi connectivity index (χ0n) is 36.0. The zero-order valence-corrected chi connectivity index (χ0v) is 36.0. The molecule has 0 radical (unpaired) electrons. The normalized spacial score (nSPS) is 12.3. The summed E-state index contributed by atoms with van der Waals surface area (Å²) in [5.74, 6) is -2.27. The first-order valence-corrected chi connectivity index (χ1v) is 23.4. The second kappa shape index (κ2) is 41.5. The fourth-order valence-electron chi connectivity index (χ4n) is 7.25. The highest BCUT2D eigenvalue weighted by Gasteiger charge is 2.19. The van der Waals surface area contributed by atoms with Crippen molar-refractivity contribution in [2.24, 2.45) is 0 Å². The summed E-state index contributed by atoms with van der Waals surface area (Å²) in [4.78, 5) is 47.6. The van der Waals surface area contributed by atoms with Crippen LogP contribution in [-0.2, 0) is 23.9 Å². The lowest BCUT2D eigenvalue weighted by atomic mass is 10.0. The summed E-state index contributed by atoms with van der Waals surface area (Å²) in [7, 11) is 0. The molecular formula is C46H88N2O7. The highest BCUT2D eigenvalue weighted by molar-refractivity contribution is 5.87. The second-order valence-electron chi connectivity index (χ2n) is 16.2. The number of ether oxygens (including phenoxy) is 1. The van der Waals surface area contributed by atoms with Crippen molar-refractivity contribution < 1.29 is 34.1 Å². The summed E-state index contributed by atoms with van der Waals surface area (Å²) in [5.41, 5.74) is 0. The maximum absolute atomic E-state index is 12.8. The predicted molar refractivity (Wildman–Crippen MR) is 227 cm³/mol. The number of carbonyl (C=O) groups excluding carboxylic acids is 3. The number of esters is 1. The summed E-state index contributed by atoms with van der Waals surface area (Å²) in [5, 5.41) is 22.6. The summed E-state index contributed by atoms with van der Waals surface area (Å²) in [6, 6.07) is -1.38. The maximum Gasteiger partial charge on any atom is 0.328 e. The Balaban J connectivity index is 4.22. The molecule has 0 aliphatic heterocycles.